The first-order chi connectivity index (χ1) is 21.7. The largest absolute Gasteiger partial charge is 0.492 e. The van der Waals surface area contributed by atoms with Crippen LogP contribution in [0.15, 0.2) is 78.9 Å². The van der Waals surface area contributed by atoms with Crippen molar-refractivity contribution in [1.82, 2.24) is 15.1 Å². The van der Waals surface area contributed by atoms with Crippen molar-refractivity contribution in [2.24, 2.45) is 11.8 Å². The number of hydrogen-bond acceptors (Lipinski definition) is 6. The van der Waals surface area contributed by atoms with Crippen LogP contribution in [0.25, 0.3) is 0 Å². The molecule has 2 aliphatic rings. The molecular formula is C37H47N3O4S. The molecule has 1 heterocycles. The predicted octanol–water partition coefficient (Wildman–Crippen LogP) is 5.85. The fourth-order valence-corrected chi connectivity index (χ4v) is 6.56. The molecule has 2 fully saturated rings. The van der Waals surface area contributed by atoms with Crippen molar-refractivity contribution in [3.05, 3.63) is 95.6 Å². The molecule has 7 nitrogen and oxygen atoms in total. The van der Waals surface area contributed by atoms with Gasteiger partial charge in [-0.1, -0.05) is 75.4 Å². The Morgan fingerprint density at radius 1 is 0.956 bits per heavy atom. The molecule has 1 saturated carbocycles. The maximum absolute atomic E-state index is 12.8. The van der Waals surface area contributed by atoms with Gasteiger partial charge in [0.1, 0.15) is 18.1 Å². The van der Waals surface area contributed by atoms with Crippen molar-refractivity contribution in [2.45, 2.75) is 58.2 Å². The molecule has 0 amide bonds. The normalized spacial score (nSPS) is 19.7. The maximum Gasteiger partial charge on any atom is 0.347 e. The summed E-state index contributed by atoms with van der Waals surface area (Å²) in [6.45, 7) is 13.1. The van der Waals surface area contributed by atoms with Gasteiger partial charge in [0.15, 0.2) is 11.2 Å². The van der Waals surface area contributed by atoms with Gasteiger partial charge in [-0.15, -0.1) is 0 Å². The molecule has 1 unspecified atom stereocenters. The molecule has 45 heavy (non-hydrogen) atoms. The third-order valence-electron chi connectivity index (χ3n) is 8.80. The minimum atomic E-state index is -0.741. The third-order valence-corrected chi connectivity index (χ3v) is 9.24. The second-order valence-electron chi connectivity index (χ2n) is 13.1. The Balaban J connectivity index is 1.12. The van der Waals surface area contributed by atoms with Crippen LogP contribution in [0.4, 0.5) is 0 Å². The predicted molar refractivity (Wildman–Crippen MR) is 183 cm³/mol. The summed E-state index contributed by atoms with van der Waals surface area (Å²) in [5.41, 5.74) is 3.59. The zero-order chi connectivity index (χ0) is 32.0. The van der Waals surface area contributed by atoms with Gasteiger partial charge in [0.25, 0.3) is 0 Å². The molecular weight excluding hydrogens is 582 g/mol. The number of carbonyl (C=O) groups excluding carboxylic acids is 1. The summed E-state index contributed by atoms with van der Waals surface area (Å²) < 4.78 is 17.6. The van der Waals surface area contributed by atoms with Gasteiger partial charge in [0.05, 0.1) is 13.2 Å². The number of piperidine rings is 1. The second-order valence-corrected chi connectivity index (χ2v) is 13.5. The number of esters is 1. The lowest BCUT2D eigenvalue weighted by atomic mass is 9.87. The summed E-state index contributed by atoms with van der Waals surface area (Å²) in [5.74, 6) is 2.35. The van der Waals surface area contributed by atoms with Gasteiger partial charge in [-0.3, -0.25) is 4.90 Å². The van der Waals surface area contributed by atoms with Crippen molar-refractivity contribution < 1.29 is 19.0 Å². The molecule has 1 N–H and O–H groups in total. The van der Waals surface area contributed by atoms with Gasteiger partial charge in [-0.25, -0.2) is 4.79 Å². The molecule has 1 aliphatic heterocycles. The lowest BCUT2D eigenvalue weighted by Crippen LogP contribution is -2.45. The highest BCUT2D eigenvalue weighted by Crippen LogP contribution is 2.49. The van der Waals surface area contributed by atoms with Crippen LogP contribution in [0.1, 0.15) is 44.4 Å². The van der Waals surface area contributed by atoms with Crippen LogP contribution in [0, 0.1) is 11.8 Å². The van der Waals surface area contributed by atoms with E-state index >= 15 is 0 Å². The number of ether oxygens (including phenoxy) is 3. The summed E-state index contributed by atoms with van der Waals surface area (Å²) in [7, 11) is 1.89. The van der Waals surface area contributed by atoms with Crippen molar-refractivity contribution in [2.75, 3.05) is 39.9 Å². The number of fused-ring (bicyclic) bond motifs is 1. The number of thiocarbonyl (C=S) groups is 1. The molecule has 0 radical (unpaired) electrons. The zero-order valence-corrected chi connectivity index (χ0v) is 28.0. The molecule has 0 aromatic heterocycles. The number of rotatable bonds is 13. The Morgan fingerprint density at radius 2 is 1.60 bits per heavy atom. The Bertz CT molecular complexity index is 1400. The van der Waals surface area contributed by atoms with E-state index in [1.807, 2.05) is 55.6 Å². The van der Waals surface area contributed by atoms with Crippen LogP contribution >= 0.6 is 12.2 Å². The van der Waals surface area contributed by atoms with E-state index in [4.69, 9.17) is 26.4 Å². The van der Waals surface area contributed by atoms with Crippen molar-refractivity contribution in [3.8, 4) is 11.5 Å². The topological polar surface area (TPSA) is 63.3 Å². The second kappa shape index (κ2) is 14.6. The van der Waals surface area contributed by atoms with Crippen molar-refractivity contribution >= 4 is 23.3 Å². The fraction of sp³-hybridized carbons (Fsp3) is 0.459. The third kappa shape index (κ3) is 8.56. The van der Waals surface area contributed by atoms with Crippen LogP contribution < -0.4 is 14.8 Å². The van der Waals surface area contributed by atoms with Gasteiger partial charge in [-0.05, 0) is 77.3 Å². The first kappa shape index (κ1) is 32.8. The first-order valence-electron chi connectivity index (χ1n) is 16.1. The van der Waals surface area contributed by atoms with Gasteiger partial charge < -0.3 is 24.4 Å². The van der Waals surface area contributed by atoms with E-state index in [1.165, 1.54) is 11.1 Å². The van der Waals surface area contributed by atoms with E-state index < -0.39 is 6.10 Å². The number of hydrogen-bond donors (Lipinski definition) is 1. The SMILES string of the molecule is CCOC(=O)[C@H](Cc1ccc(OCCN(C(=S)NC)[C@@H]2C3CN(Cc4ccccc4)C[C@H]32)cc1)Oc1ccc(C(C)(C)C)cc1. The minimum absolute atomic E-state index is 0.0431. The van der Waals surface area contributed by atoms with Crippen LogP contribution in [0.2, 0.25) is 0 Å². The van der Waals surface area contributed by atoms with E-state index in [0.29, 0.717) is 43.3 Å². The Kier molecular flexibility index (Phi) is 10.7. The maximum atomic E-state index is 12.8. The van der Waals surface area contributed by atoms with Gasteiger partial charge in [0, 0.05) is 39.1 Å². The molecule has 1 aliphatic carbocycles. The Morgan fingerprint density at radius 3 is 2.20 bits per heavy atom. The summed E-state index contributed by atoms with van der Waals surface area (Å²) in [6.07, 6.45) is -0.342. The molecule has 0 bridgehead atoms. The van der Waals surface area contributed by atoms with Crippen molar-refractivity contribution in [1.29, 1.82) is 0 Å². The lowest BCUT2D eigenvalue weighted by Gasteiger charge is -2.29. The number of likely N-dealkylation sites (tertiary alicyclic amines) is 1. The number of nitrogens with one attached hydrogen (secondary N) is 1. The highest BCUT2D eigenvalue weighted by molar-refractivity contribution is 7.80. The van der Waals surface area contributed by atoms with E-state index in [2.05, 4.69) is 66.2 Å². The molecule has 0 spiro atoms. The van der Waals surface area contributed by atoms with Gasteiger partial charge in [0.2, 0.25) is 0 Å². The zero-order valence-electron chi connectivity index (χ0n) is 27.2. The summed E-state index contributed by atoms with van der Waals surface area (Å²) in [5, 5.41) is 3.96. The van der Waals surface area contributed by atoms with Crippen LogP contribution in [0.3, 0.4) is 0 Å². The quantitative estimate of drug-likeness (QED) is 0.187. The van der Waals surface area contributed by atoms with Crippen LogP contribution in [-0.4, -0.2) is 72.9 Å². The summed E-state index contributed by atoms with van der Waals surface area (Å²) >= 11 is 5.70. The number of benzene rings is 3. The highest BCUT2D eigenvalue weighted by Gasteiger charge is 2.58. The molecule has 4 atom stereocenters. The summed E-state index contributed by atoms with van der Waals surface area (Å²) in [4.78, 5) is 17.6. The van der Waals surface area contributed by atoms with E-state index in [-0.39, 0.29) is 11.4 Å². The molecule has 1 saturated heterocycles. The molecule has 8 heteroatoms. The van der Waals surface area contributed by atoms with Crippen LogP contribution in [0.5, 0.6) is 11.5 Å². The molecule has 240 valence electrons. The lowest BCUT2D eigenvalue weighted by molar-refractivity contribution is -0.151. The van der Waals surface area contributed by atoms with Gasteiger partial charge >= 0.3 is 5.97 Å². The Labute approximate surface area is 273 Å². The van der Waals surface area contributed by atoms with E-state index in [1.54, 1.807) is 6.92 Å². The average molecular weight is 630 g/mol. The summed E-state index contributed by atoms with van der Waals surface area (Å²) in [6, 6.07) is 26.9. The van der Waals surface area contributed by atoms with E-state index in [9.17, 15) is 4.79 Å². The number of nitrogens with zero attached hydrogens (tertiary/aromatic N) is 2. The van der Waals surface area contributed by atoms with Crippen LogP contribution in [-0.2, 0) is 27.9 Å². The number of carbonyl (C=O) groups is 1. The molecule has 5 rings (SSSR count). The standard InChI is InChI=1S/C37H47N3O4S/c1-6-42-35(41)33(44-30-18-14-28(15-19-30)37(2,3)4)22-26-12-16-29(17-13-26)43-21-20-40(36(45)38-5)34-31-24-39(25-32(31)34)23-27-10-8-7-9-11-27/h7-19,31-34H,6,20-25H2,1-5H3,(H,38,45)/t31-,32?,33+,34+/m1/s1. The van der Waals surface area contributed by atoms with Gasteiger partial charge in [-0.2, -0.15) is 0 Å². The Hall–Kier alpha value is -3.62. The molecule has 3 aromatic rings. The van der Waals surface area contributed by atoms with Crippen molar-refractivity contribution in [3.63, 3.8) is 0 Å². The molecule has 3 aromatic carbocycles. The first-order valence-corrected chi connectivity index (χ1v) is 16.5. The smallest absolute Gasteiger partial charge is 0.347 e. The fourth-order valence-electron chi connectivity index (χ4n) is 6.35. The highest BCUT2D eigenvalue weighted by atomic mass is 32.1. The monoisotopic (exact) mass is 629 g/mol. The average Bonchev–Trinajstić information content (AvgIpc) is 3.51. The van der Waals surface area contributed by atoms with E-state index in [0.717, 1.165) is 42.6 Å². The minimum Gasteiger partial charge on any atom is -0.492 e.